The van der Waals surface area contributed by atoms with E-state index in [9.17, 15) is 48.6 Å². The molecule has 4 aliphatic heterocycles. The first-order valence-corrected chi connectivity index (χ1v) is 28.9. The average Bonchev–Trinajstić information content (AvgIpc) is 4.31. The molecule has 4 heterocycles. The molecule has 15 N–H and O–H groups in total. The molecule has 4 aliphatic rings. The van der Waals surface area contributed by atoms with Crippen molar-refractivity contribution in [2.75, 3.05) is 82.6 Å². The maximum absolute atomic E-state index is 13.5. The number of anilines is 1. The van der Waals surface area contributed by atoms with Gasteiger partial charge in [-0.05, 0) is 69.6 Å². The summed E-state index contributed by atoms with van der Waals surface area (Å²) in [5, 5.41) is 66.9. The zero-order valence-corrected chi connectivity index (χ0v) is 45.9. The molecule has 8 atom stereocenters. The standard InChI is InChI=1S/C51H77N13O13S2/c1-2-16-54-40(65)15-20-75-22-24-77-25-23-76-21-19-57-51(74)58-33-27-31(45(68)55-17-7-9-34(47(70)71)59-41(66)13-5-3-11-38-43-36(29-78-38)61-49(52)63-43)26-32(28-33)46(69)56-18-8-10-35(48(72)73)60-42(67)14-6-4-12-39-44-37(30-79-39)62-50(53)64-44/h1,26-28,34-39,43-44H,3-25,29-30H2,(H,54,65)(H,55,68)(H,56,69)(H,59,66)(H,60,67)(H,70,71)(H,72,73)(H3,52,61,63)(H3,53,62,64)(H2,57,58,74). The Morgan fingerprint density at radius 3 is 1.56 bits per heavy atom. The minimum Gasteiger partial charge on any atom is -0.480 e. The number of guanidine groups is 2. The quantitative estimate of drug-likeness (QED) is 0.0311. The molecule has 79 heavy (non-hydrogen) atoms. The van der Waals surface area contributed by atoms with Crippen LogP contribution in [-0.4, -0.2) is 194 Å². The zero-order valence-electron chi connectivity index (χ0n) is 44.3. The number of rotatable bonds is 38. The Balaban J connectivity index is 1.05. The molecular weight excluding hydrogens is 1070 g/mol. The molecule has 4 fully saturated rings. The summed E-state index contributed by atoms with van der Waals surface area (Å²) in [6.45, 7) is 1.66. The van der Waals surface area contributed by atoms with E-state index >= 15 is 0 Å². The van der Waals surface area contributed by atoms with E-state index in [-0.39, 0.29) is 158 Å². The number of benzene rings is 1. The first kappa shape index (κ1) is 63.3. The number of carbonyl (C=O) groups excluding carboxylic acids is 6. The van der Waals surface area contributed by atoms with Gasteiger partial charge in [0.15, 0.2) is 11.9 Å². The highest BCUT2D eigenvalue weighted by Crippen LogP contribution is 2.34. The minimum absolute atomic E-state index is 0.0111. The van der Waals surface area contributed by atoms with Gasteiger partial charge in [-0.1, -0.05) is 18.8 Å². The second-order valence-electron chi connectivity index (χ2n) is 19.3. The summed E-state index contributed by atoms with van der Waals surface area (Å²) in [6.07, 6.45) is 10.4. The highest BCUT2D eigenvalue weighted by Gasteiger charge is 2.42. The van der Waals surface area contributed by atoms with Gasteiger partial charge < -0.3 is 82.9 Å². The highest BCUT2D eigenvalue weighted by atomic mass is 32.2. The first-order chi connectivity index (χ1) is 38.1. The van der Waals surface area contributed by atoms with Crippen molar-refractivity contribution < 1.29 is 62.8 Å². The summed E-state index contributed by atoms with van der Waals surface area (Å²) < 4.78 is 16.3. The number of carboxylic acids is 2. The fourth-order valence-corrected chi connectivity index (χ4v) is 12.3. The smallest absolute Gasteiger partial charge is 0.326 e. The molecule has 4 saturated heterocycles. The normalized spacial score (nSPS) is 20.3. The van der Waals surface area contributed by atoms with Crippen LogP contribution in [0.3, 0.4) is 0 Å². The number of carboxylic acid groups (broad SMARTS) is 2. The number of fused-ring (bicyclic) bond motifs is 2. The molecule has 28 heteroatoms. The highest BCUT2D eigenvalue weighted by molar-refractivity contribution is 8.00. The van der Waals surface area contributed by atoms with Gasteiger partial charge in [0.2, 0.25) is 17.7 Å². The molecule has 26 nitrogen and oxygen atoms in total. The summed E-state index contributed by atoms with van der Waals surface area (Å²) in [5.41, 5.74) is 0.0606. The van der Waals surface area contributed by atoms with E-state index in [0.717, 1.165) is 37.2 Å². The summed E-state index contributed by atoms with van der Waals surface area (Å²) in [4.78, 5) is 101. The predicted molar refractivity (Wildman–Crippen MR) is 297 cm³/mol. The zero-order chi connectivity index (χ0) is 56.9. The summed E-state index contributed by atoms with van der Waals surface area (Å²) in [5.74, 6) is 0.0888. The van der Waals surface area contributed by atoms with Crippen molar-refractivity contribution in [1.82, 2.24) is 53.2 Å². The Bertz CT molecular complexity index is 2190. The number of aliphatic carboxylic acids is 2. The number of thioether (sulfide) groups is 2. The van der Waals surface area contributed by atoms with Gasteiger partial charge in [0.05, 0.1) is 70.4 Å². The third kappa shape index (κ3) is 23.0. The molecule has 1 aromatic rings. The van der Waals surface area contributed by atoms with Crippen LogP contribution >= 0.6 is 23.5 Å². The van der Waals surface area contributed by atoms with Crippen LogP contribution in [0.4, 0.5) is 10.5 Å². The number of nitrogens with one attached hydrogen (secondary N) is 13. The Kier molecular flexibility index (Phi) is 27.6. The topological polar surface area (TPSA) is 385 Å². The van der Waals surface area contributed by atoms with E-state index in [2.05, 4.69) is 64.4 Å². The van der Waals surface area contributed by atoms with Crippen LogP contribution < -0.4 is 58.5 Å². The number of urea groups is 1. The lowest BCUT2D eigenvalue weighted by Gasteiger charge is -2.17. The lowest BCUT2D eigenvalue weighted by molar-refractivity contribution is -0.142. The fourth-order valence-electron chi connectivity index (χ4n) is 9.20. The van der Waals surface area contributed by atoms with E-state index < -0.39 is 53.7 Å². The van der Waals surface area contributed by atoms with Crippen molar-refractivity contribution in [3.8, 4) is 12.3 Å². The van der Waals surface area contributed by atoms with E-state index in [1.54, 1.807) is 0 Å². The Hall–Kier alpha value is -6.54. The summed E-state index contributed by atoms with van der Waals surface area (Å²) in [6, 6.07) is 1.78. The number of carbonyl (C=O) groups is 8. The number of ether oxygens (including phenoxy) is 3. The molecule has 1 aromatic carbocycles. The lowest BCUT2D eigenvalue weighted by Crippen LogP contribution is -2.41. The summed E-state index contributed by atoms with van der Waals surface area (Å²) >= 11 is 3.66. The number of terminal acetylenes is 1. The van der Waals surface area contributed by atoms with Gasteiger partial charge in [0.1, 0.15) is 12.1 Å². The van der Waals surface area contributed by atoms with Crippen LogP contribution in [0.2, 0.25) is 0 Å². The molecule has 0 bridgehead atoms. The van der Waals surface area contributed by atoms with E-state index in [4.69, 9.17) is 31.5 Å². The Morgan fingerprint density at radius 2 is 1.08 bits per heavy atom. The van der Waals surface area contributed by atoms with Gasteiger partial charge in [-0.25, -0.2) is 14.4 Å². The SMILES string of the molecule is C#CCNC(=O)CCOCCOCCOCCNC(=O)Nc1cc(C(=O)NCCCC(NC(=O)CCCCC2SCC3NC(=N)NC32)C(=O)O)cc(C(=O)NCCCC(NC(=O)CCCCC2SCC3NC(=N)NC32)C(=O)O)c1. The number of unbranched alkanes of at least 4 members (excludes halogenated alkanes) is 2. The Labute approximate surface area is 468 Å². The molecule has 0 aliphatic carbocycles. The van der Waals surface area contributed by atoms with Crippen molar-refractivity contribution in [2.45, 2.75) is 130 Å². The van der Waals surface area contributed by atoms with Crippen molar-refractivity contribution in [3.05, 3.63) is 29.3 Å². The van der Waals surface area contributed by atoms with Crippen molar-refractivity contribution in [1.29, 1.82) is 10.8 Å². The average molecular weight is 1140 g/mol. The van der Waals surface area contributed by atoms with E-state index in [1.165, 1.54) is 18.2 Å². The molecule has 436 valence electrons. The monoisotopic (exact) mass is 1140 g/mol. The van der Waals surface area contributed by atoms with E-state index in [1.807, 2.05) is 23.5 Å². The van der Waals surface area contributed by atoms with Gasteiger partial charge >= 0.3 is 18.0 Å². The van der Waals surface area contributed by atoms with Crippen molar-refractivity contribution in [3.63, 3.8) is 0 Å². The van der Waals surface area contributed by atoms with Crippen LogP contribution in [0.1, 0.15) is 104 Å². The van der Waals surface area contributed by atoms with Crippen LogP contribution in [-0.2, 0) is 38.2 Å². The Morgan fingerprint density at radius 1 is 0.595 bits per heavy atom. The fraction of sp³-hybridized carbons (Fsp3) is 0.647. The number of hydrogen-bond acceptors (Lipinski definition) is 15. The maximum Gasteiger partial charge on any atom is 0.326 e. The maximum atomic E-state index is 13.5. The molecule has 5 rings (SSSR count). The second kappa shape index (κ2) is 34.5. The first-order valence-electron chi connectivity index (χ1n) is 26.8. The minimum atomic E-state index is -1.22. The molecule has 8 unspecified atom stereocenters. The van der Waals surface area contributed by atoms with Crippen LogP contribution in [0.15, 0.2) is 18.2 Å². The van der Waals surface area contributed by atoms with Gasteiger partial charge in [-0.2, -0.15) is 23.5 Å². The predicted octanol–water partition coefficient (Wildman–Crippen LogP) is 0.237. The van der Waals surface area contributed by atoms with Crippen molar-refractivity contribution in [2.24, 2.45) is 0 Å². The van der Waals surface area contributed by atoms with Gasteiger partial charge in [0.25, 0.3) is 11.8 Å². The lowest BCUT2D eigenvalue weighted by atomic mass is 10.0. The molecule has 0 saturated carbocycles. The van der Waals surface area contributed by atoms with Crippen molar-refractivity contribution >= 4 is 88.6 Å². The van der Waals surface area contributed by atoms with Crippen LogP contribution in [0.25, 0.3) is 0 Å². The largest absolute Gasteiger partial charge is 0.480 e. The molecular formula is C51H77N13O13S2. The second-order valence-corrected chi connectivity index (χ2v) is 21.8. The summed E-state index contributed by atoms with van der Waals surface area (Å²) in [7, 11) is 0. The number of hydrogen-bond donors (Lipinski definition) is 15. The molecule has 0 aromatic heterocycles. The van der Waals surface area contributed by atoms with Gasteiger partial charge in [0, 0.05) is 77.7 Å². The third-order valence-corrected chi connectivity index (χ3v) is 16.3. The third-order valence-electron chi connectivity index (χ3n) is 13.2. The van der Waals surface area contributed by atoms with Gasteiger partial charge in [-0.3, -0.25) is 34.8 Å². The molecule has 7 amide bonds. The molecule has 0 radical (unpaired) electrons. The van der Waals surface area contributed by atoms with E-state index in [0.29, 0.717) is 35.3 Å². The van der Waals surface area contributed by atoms with Crippen LogP contribution in [0.5, 0.6) is 0 Å². The molecule has 0 spiro atoms. The number of amides is 7. The van der Waals surface area contributed by atoms with Crippen LogP contribution in [0, 0.1) is 23.2 Å². The van der Waals surface area contributed by atoms with Gasteiger partial charge in [-0.15, -0.1) is 6.42 Å².